The monoisotopic (exact) mass is 319 g/mol. The van der Waals surface area contributed by atoms with Gasteiger partial charge in [0.15, 0.2) is 0 Å². The van der Waals surface area contributed by atoms with Crippen molar-refractivity contribution in [3.8, 4) is 0 Å². The van der Waals surface area contributed by atoms with E-state index in [9.17, 15) is 0 Å². The molecule has 19 heavy (non-hydrogen) atoms. The topological polar surface area (TPSA) is 54.8 Å². The Morgan fingerprint density at radius 2 is 2.00 bits per heavy atom. The van der Waals surface area contributed by atoms with Crippen LogP contribution in [0, 0.1) is 0 Å². The second-order valence-electron chi connectivity index (χ2n) is 4.70. The Morgan fingerprint density at radius 1 is 1.26 bits per heavy atom. The molecule has 98 valence electrons. The number of halogens is 1. The predicted molar refractivity (Wildman–Crippen MR) is 75.8 cm³/mol. The maximum absolute atomic E-state index is 4.64. The SMILES string of the molecule is CN(Cc1ncccn1)c1nc(C2CC2)ncc1Br. The first-order valence-corrected chi connectivity index (χ1v) is 7.03. The fourth-order valence-electron chi connectivity index (χ4n) is 1.88. The van der Waals surface area contributed by atoms with Gasteiger partial charge in [0, 0.05) is 31.6 Å². The van der Waals surface area contributed by atoms with Crippen LogP contribution in [0.2, 0.25) is 0 Å². The van der Waals surface area contributed by atoms with Crippen molar-refractivity contribution in [3.05, 3.63) is 40.8 Å². The number of hydrogen-bond donors (Lipinski definition) is 0. The fraction of sp³-hybridized carbons (Fsp3) is 0.385. The second-order valence-corrected chi connectivity index (χ2v) is 5.55. The third kappa shape index (κ3) is 2.89. The molecule has 1 fully saturated rings. The van der Waals surface area contributed by atoms with Gasteiger partial charge in [0.25, 0.3) is 0 Å². The number of hydrogen-bond acceptors (Lipinski definition) is 5. The largest absolute Gasteiger partial charge is 0.351 e. The van der Waals surface area contributed by atoms with Crippen molar-refractivity contribution in [2.75, 3.05) is 11.9 Å². The van der Waals surface area contributed by atoms with Gasteiger partial charge in [-0.25, -0.2) is 19.9 Å². The van der Waals surface area contributed by atoms with Gasteiger partial charge in [0.1, 0.15) is 17.5 Å². The summed E-state index contributed by atoms with van der Waals surface area (Å²) in [5, 5.41) is 0. The summed E-state index contributed by atoms with van der Waals surface area (Å²) in [6, 6.07) is 1.81. The van der Waals surface area contributed by atoms with E-state index < -0.39 is 0 Å². The minimum absolute atomic E-state index is 0.549. The highest BCUT2D eigenvalue weighted by atomic mass is 79.9. The second kappa shape index (κ2) is 5.21. The van der Waals surface area contributed by atoms with E-state index in [0.29, 0.717) is 12.5 Å². The van der Waals surface area contributed by atoms with Crippen LogP contribution in [0.15, 0.2) is 29.1 Å². The van der Waals surface area contributed by atoms with Gasteiger partial charge in [-0.15, -0.1) is 0 Å². The number of rotatable bonds is 4. The quantitative estimate of drug-likeness (QED) is 0.866. The van der Waals surface area contributed by atoms with Crippen molar-refractivity contribution in [1.82, 2.24) is 19.9 Å². The first kappa shape index (κ1) is 12.5. The van der Waals surface area contributed by atoms with Crippen LogP contribution in [0.5, 0.6) is 0 Å². The molecule has 1 saturated carbocycles. The number of aromatic nitrogens is 4. The van der Waals surface area contributed by atoms with Gasteiger partial charge in [-0.1, -0.05) is 0 Å². The minimum atomic E-state index is 0.549. The van der Waals surface area contributed by atoms with Gasteiger partial charge in [-0.3, -0.25) is 0 Å². The van der Waals surface area contributed by atoms with E-state index in [1.807, 2.05) is 24.2 Å². The lowest BCUT2D eigenvalue weighted by Crippen LogP contribution is -2.20. The molecule has 1 aliphatic carbocycles. The standard InChI is InChI=1S/C13H14BrN5/c1-19(8-11-15-5-2-6-16-11)13-10(14)7-17-12(18-13)9-3-4-9/h2,5-7,9H,3-4,8H2,1H3. The van der Waals surface area contributed by atoms with E-state index >= 15 is 0 Å². The summed E-state index contributed by atoms with van der Waals surface area (Å²) in [5.74, 6) is 3.17. The first-order chi connectivity index (χ1) is 9.24. The molecule has 5 nitrogen and oxygen atoms in total. The summed E-state index contributed by atoms with van der Waals surface area (Å²) in [6.45, 7) is 0.626. The van der Waals surface area contributed by atoms with Crippen molar-refractivity contribution in [2.45, 2.75) is 25.3 Å². The van der Waals surface area contributed by atoms with Crippen LogP contribution in [-0.2, 0) is 6.54 Å². The van der Waals surface area contributed by atoms with Gasteiger partial charge in [-0.05, 0) is 34.8 Å². The number of anilines is 1. The van der Waals surface area contributed by atoms with Crippen LogP contribution in [0.4, 0.5) is 5.82 Å². The van der Waals surface area contributed by atoms with Gasteiger partial charge < -0.3 is 4.90 Å². The van der Waals surface area contributed by atoms with Crippen LogP contribution in [0.25, 0.3) is 0 Å². The van der Waals surface area contributed by atoms with Crippen LogP contribution < -0.4 is 4.90 Å². The Hall–Kier alpha value is -1.56. The highest BCUT2D eigenvalue weighted by Gasteiger charge is 2.27. The van der Waals surface area contributed by atoms with E-state index in [-0.39, 0.29) is 0 Å². The molecule has 0 radical (unpaired) electrons. The summed E-state index contributed by atoms with van der Waals surface area (Å²) in [5.41, 5.74) is 0. The highest BCUT2D eigenvalue weighted by Crippen LogP contribution is 2.39. The molecular weight excluding hydrogens is 306 g/mol. The molecule has 6 heteroatoms. The average Bonchev–Trinajstić information content (AvgIpc) is 3.25. The molecule has 2 heterocycles. The summed E-state index contributed by atoms with van der Waals surface area (Å²) in [7, 11) is 1.99. The van der Waals surface area contributed by atoms with Crippen LogP contribution >= 0.6 is 15.9 Å². The van der Waals surface area contributed by atoms with Crippen molar-refractivity contribution in [3.63, 3.8) is 0 Å². The molecule has 3 rings (SSSR count). The fourth-order valence-corrected chi connectivity index (χ4v) is 2.37. The molecule has 0 amide bonds. The van der Waals surface area contributed by atoms with Gasteiger partial charge in [0.2, 0.25) is 0 Å². The van der Waals surface area contributed by atoms with E-state index in [0.717, 1.165) is 21.9 Å². The van der Waals surface area contributed by atoms with Gasteiger partial charge >= 0.3 is 0 Å². The lowest BCUT2D eigenvalue weighted by molar-refractivity contribution is 0.803. The Bertz CT molecular complexity index is 571. The molecule has 0 aliphatic heterocycles. The minimum Gasteiger partial charge on any atom is -0.351 e. The maximum Gasteiger partial charge on any atom is 0.147 e. The molecule has 0 saturated heterocycles. The van der Waals surface area contributed by atoms with Crippen molar-refractivity contribution in [2.24, 2.45) is 0 Å². The van der Waals surface area contributed by atoms with Crippen molar-refractivity contribution >= 4 is 21.7 Å². The van der Waals surface area contributed by atoms with Crippen molar-refractivity contribution in [1.29, 1.82) is 0 Å². The van der Waals surface area contributed by atoms with E-state index in [4.69, 9.17) is 0 Å². The predicted octanol–water partition coefficient (Wildman–Crippen LogP) is 2.54. The molecule has 0 unspecified atom stereocenters. The lowest BCUT2D eigenvalue weighted by Gasteiger charge is -2.18. The Kier molecular flexibility index (Phi) is 3.42. The summed E-state index contributed by atoms with van der Waals surface area (Å²) >= 11 is 3.51. The molecule has 2 aromatic heterocycles. The average molecular weight is 320 g/mol. The smallest absolute Gasteiger partial charge is 0.147 e. The highest BCUT2D eigenvalue weighted by molar-refractivity contribution is 9.10. The zero-order valence-electron chi connectivity index (χ0n) is 10.6. The number of nitrogens with zero attached hydrogens (tertiary/aromatic N) is 5. The van der Waals surface area contributed by atoms with E-state index in [1.165, 1.54) is 12.8 Å². The molecule has 2 aromatic rings. The Balaban J connectivity index is 1.82. The van der Waals surface area contributed by atoms with E-state index in [2.05, 4.69) is 35.9 Å². The lowest BCUT2D eigenvalue weighted by atomic mass is 10.4. The summed E-state index contributed by atoms with van der Waals surface area (Å²) < 4.78 is 0.898. The van der Waals surface area contributed by atoms with Crippen LogP contribution in [0.3, 0.4) is 0 Å². The third-order valence-electron chi connectivity index (χ3n) is 3.05. The normalized spacial score (nSPS) is 14.4. The molecule has 0 bridgehead atoms. The van der Waals surface area contributed by atoms with Gasteiger partial charge in [-0.2, -0.15) is 0 Å². The summed E-state index contributed by atoms with van der Waals surface area (Å²) in [4.78, 5) is 19.5. The van der Waals surface area contributed by atoms with E-state index in [1.54, 1.807) is 12.4 Å². The maximum atomic E-state index is 4.64. The molecular formula is C13H14BrN5. The van der Waals surface area contributed by atoms with Crippen LogP contribution in [0.1, 0.15) is 30.4 Å². The first-order valence-electron chi connectivity index (χ1n) is 6.23. The van der Waals surface area contributed by atoms with Crippen molar-refractivity contribution < 1.29 is 0 Å². The third-order valence-corrected chi connectivity index (χ3v) is 3.61. The van der Waals surface area contributed by atoms with Gasteiger partial charge in [0.05, 0.1) is 11.0 Å². The Morgan fingerprint density at radius 3 is 2.68 bits per heavy atom. The molecule has 0 aromatic carbocycles. The molecule has 0 N–H and O–H groups in total. The molecule has 0 spiro atoms. The molecule has 1 aliphatic rings. The zero-order valence-corrected chi connectivity index (χ0v) is 12.2. The zero-order chi connectivity index (χ0) is 13.2. The molecule has 0 atom stereocenters. The Labute approximate surface area is 120 Å². The summed E-state index contributed by atoms with van der Waals surface area (Å²) in [6.07, 6.45) is 7.74. The van der Waals surface area contributed by atoms with Crippen LogP contribution in [-0.4, -0.2) is 27.0 Å².